The van der Waals surface area contributed by atoms with Crippen LogP contribution in [0.2, 0.25) is 0 Å². The van der Waals surface area contributed by atoms with Crippen molar-refractivity contribution in [3.63, 3.8) is 0 Å². The minimum atomic E-state index is -1.28. The summed E-state index contributed by atoms with van der Waals surface area (Å²) in [5.74, 6) is -0.630. The van der Waals surface area contributed by atoms with Gasteiger partial charge in [0, 0.05) is 57.9 Å². The largest absolute Gasteiger partial charge is 0.487 e. The summed E-state index contributed by atoms with van der Waals surface area (Å²) in [7, 11) is 3.35. The molecule has 37 heavy (non-hydrogen) atoms. The SMILES string of the molecule is COC[C@@](C)(O)c1cc2nc(N3CCC(Oc4ccc(F)cc4F)CC3)c(-c3cnn(C)c3)nc2cn1. The monoisotopic (exact) mass is 510 g/mol. The average molecular weight is 511 g/mol. The number of halogens is 2. The third-order valence-corrected chi connectivity index (χ3v) is 6.42. The summed E-state index contributed by atoms with van der Waals surface area (Å²) in [5.41, 5.74) is 1.82. The molecule has 0 unspecified atom stereocenters. The maximum absolute atomic E-state index is 14.1. The molecule has 0 aliphatic carbocycles. The van der Waals surface area contributed by atoms with E-state index in [4.69, 9.17) is 19.4 Å². The number of hydrogen-bond acceptors (Lipinski definition) is 8. The van der Waals surface area contributed by atoms with Crippen LogP contribution in [0.5, 0.6) is 5.75 Å². The van der Waals surface area contributed by atoms with E-state index in [1.165, 1.54) is 19.2 Å². The zero-order valence-corrected chi connectivity index (χ0v) is 20.9. The van der Waals surface area contributed by atoms with E-state index >= 15 is 0 Å². The first-order chi connectivity index (χ1) is 17.7. The van der Waals surface area contributed by atoms with Crippen molar-refractivity contribution in [2.45, 2.75) is 31.5 Å². The predicted octanol–water partition coefficient (Wildman–Crippen LogP) is 3.61. The average Bonchev–Trinajstić information content (AvgIpc) is 3.31. The molecule has 1 saturated heterocycles. The second-order valence-corrected chi connectivity index (χ2v) is 9.44. The van der Waals surface area contributed by atoms with Crippen LogP contribution >= 0.6 is 0 Å². The molecule has 1 aliphatic rings. The molecular formula is C26H28F2N6O3. The van der Waals surface area contributed by atoms with Crippen LogP contribution in [-0.4, -0.2) is 62.7 Å². The highest BCUT2D eigenvalue weighted by molar-refractivity contribution is 5.83. The van der Waals surface area contributed by atoms with Crippen LogP contribution in [0.25, 0.3) is 22.3 Å². The first-order valence-corrected chi connectivity index (χ1v) is 12.0. The molecule has 0 radical (unpaired) electrons. The van der Waals surface area contributed by atoms with Gasteiger partial charge in [0.05, 0.1) is 30.2 Å². The summed E-state index contributed by atoms with van der Waals surface area (Å²) in [6.07, 6.45) is 6.23. The summed E-state index contributed by atoms with van der Waals surface area (Å²) in [6.45, 7) is 2.92. The minimum absolute atomic E-state index is 0.0459. The number of benzene rings is 1. The number of hydrogen-bond donors (Lipinski definition) is 1. The lowest BCUT2D eigenvalue weighted by Gasteiger charge is -2.33. The molecule has 9 nitrogen and oxygen atoms in total. The van der Waals surface area contributed by atoms with E-state index in [2.05, 4.69) is 15.0 Å². The van der Waals surface area contributed by atoms with Crippen LogP contribution in [0.1, 0.15) is 25.5 Å². The third kappa shape index (κ3) is 5.23. The molecule has 11 heteroatoms. The van der Waals surface area contributed by atoms with Gasteiger partial charge in [0.15, 0.2) is 17.4 Å². The van der Waals surface area contributed by atoms with Gasteiger partial charge in [-0.25, -0.2) is 18.7 Å². The fourth-order valence-corrected chi connectivity index (χ4v) is 4.49. The Balaban J connectivity index is 1.45. The summed E-state index contributed by atoms with van der Waals surface area (Å²) in [5, 5.41) is 15.1. The van der Waals surface area contributed by atoms with Gasteiger partial charge in [-0.15, -0.1) is 0 Å². The van der Waals surface area contributed by atoms with Gasteiger partial charge in [0.25, 0.3) is 0 Å². The van der Waals surface area contributed by atoms with E-state index in [0.29, 0.717) is 54.2 Å². The summed E-state index contributed by atoms with van der Waals surface area (Å²) >= 11 is 0. The van der Waals surface area contributed by atoms with E-state index < -0.39 is 17.2 Å². The number of aryl methyl sites for hydroxylation is 1. The van der Waals surface area contributed by atoms with Crippen LogP contribution in [-0.2, 0) is 17.4 Å². The molecule has 1 atom stereocenters. The van der Waals surface area contributed by atoms with Gasteiger partial charge in [-0.2, -0.15) is 5.10 Å². The van der Waals surface area contributed by atoms with Crippen LogP contribution in [0, 0.1) is 11.6 Å². The van der Waals surface area contributed by atoms with Gasteiger partial charge in [-0.3, -0.25) is 9.67 Å². The van der Waals surface area contributed by atoms with Gasteiger partial charge in [0.2, 0.25) is 0 Å². The van der Waals surface area contributed by atoms with Crippen molar-refractivity contribution in [2.75, 3.05) is 31.7 Å². The van der Waals surface area contributed by atoms with E-state index in [-0.39, 0.29) is 18.5 Å². The van der Waals surface area contributed by atoms with Crippen molar-refractivity contribution in [1.29, 1.82) is 0 Å². The van der Waals surface area contributed by atoms with Gasteiger partial charge >= 0.3 is 0 Å². The van der Waals surface area contributed by atoms with Crippen molar-refractivity contribution < 1.29 is 23.4 Å². The topological polar surface area (TPSA) is 98.4 Å². The van der Waals surface area contributed by atoms with E-state index in [1.807, 2.05) is 13.2 Å². The molecule has 3 aromatic heterocycles. The fourth-order valence-electron chi connectivity index (χ4n) is 4.49. The molecule has 0 amide bonds. The van der Waals surface area contributed by atoms with Gasteiger partial charge in [-0.1, -0.05) is 0 Å². The molecule has 1 aromatic carbocycles. The van der Waals surface area contributed by atoms with Gasteiger partial charge in [0.1, 0.15) is 28.7 Å². The van der Waals surface area contributed by atoms with Crippen LogP contribution < -0.4 is 9.64 Å². The van der Waals surface area contributed by atoms with Crippen molar-refractivity contribution in [2.24, 2.45) is 7.05 Å². The molecule has 1 fully saturated rings. The van der Waals surface area contributed by atoms with E-state index in [9.17, 15) is 13.9 Å². The Hall–Kier alpha value is -3.70. The molecular weight excluding hydrogens is 482 g/mol. The molecule has 4 aromatic rings. The highest BCUT2D eigenvalue weighted by Crippen LogP contribution is 2.33. The molecule has 1 aliphatic heterocycles. The predicted molar refractivity (Wildman–Crippen MR) is 133 cm³/mol. The Morgan fingerprint density at radius 3 is 2.57 bits per heavy atom. The number of nitrogens with zero attached hydrogens (tertiary/aromatic N) is 6. The maximum atomic E-state index is 14.1. The second kappa shape index (κ2) is 9.98. The summed E-state index contributed by atoms with van der Waals surface area (Å²) in [4.78, 5) is 16.3. The van der Waals surface area contributed by atoms with Crippen LogP contribution in [0.15, 0.2) is 42.9 Å². The Labute approximate surface area is 212 Å². The molecule has 1 N–H and O–H groups in total. The number of rotatable bonds is 7. The second-order valence-electron chi connectivity index (χ2n) is 9.44. The summed E-state index contributed by atoms with van der Waals surface area (Å²) in [6, 6.07) is 5.05. The molecule has 194 valence electrons. The number of pyridine rings is 1. The van der Waals surface area contributed by atoms with Crippen molar-refractivity contribution in [3.8, 4) is 17.0 Å². The molecule has 5 rings (SSSR count). The van der Waals surface area contributed by atoms with E-state index in [1.54, 1.807) is 30.1 Å². The lowest BCUT2D eigenvalue weighted by atomic mass is 10.0. The van der Waals surface area contributed by atoms with Crippen LogP contribution in [0.3, 0.4) is 0 Å². The smallest absolute Gasteiger partial charge is 0.167 e. The molecule has 0 saturated carbocycles. The van der Waals surface area contributed by atoms with Crippen molar-refractivity contribution in [1.82, 2.24) is 24.7 Å². The first kappa shape index (κ1) is 25.0. The number of ether oxygens (including phenoxy) is 2. The summed E-state index contributed by atoms with van der Waals surface area (Å²) < 4.78 is 40.0. The number of aliphatic hydroxyl groups is 1. The lowest BCUT2D eigenvalue weighted by Crippen LogP contribution is -2.39. The zero-order chi connectivity index (χ0) is 26.2. The number of fused-ring (bicyclic) bond motifs is 1. The number of piperidine rings is 1. The minimum Gasteiger partial charge on any atom is -0.487 e. The number of methoxy groups -OCH3 is 1. The molecule has 0 bridgehead atoms. The number of anilines is 1. The molecule has 4 heterocycles. The zero-order valence-electron chi connectivity index (χ0n) is 20.9. The van der Waals surface area contributed by atoms with Crippen LogP contribution in [0.4, 0.5) is 14.6 Å². The maximum Gasteiger partial charge on any atom is 0.167 e. The highest BCUT2D eigenvalue weighted by Gasteiger charge is 2.28. The lowest BCUT2D eigenvalue weighted by molar-refractivity contribution is -0.0238. The van der Waals surface area contributed by atoms with Gasteiger partial charge < -0.3 is 19.5 Å². The number of aromatic nitrogens is 5. The quantitative estimate of drug-likeness (QED) is 0.403. The normalized spacial score (nSPS) is 16.2. The standard InChI is InChI=1S/C26H28F2N6O3/c1-26(35,15-36-3)23-11-20-21(13-29-23)31-24(16-12-30-33(2)14-16)25(32-20)34-8-6-18(7-9-34)37-22-5-4-17(27)10-19(22)28/h4-5,10-14,18,35H,6-9,15H2,1-3H3/t26-/m1/s1. The van der Waals surface area contributed by atoms with E-state index in [0.717, 1.165) is 11.6 Å². The molecule has 0 spiro atoms. The Morgan fingerprint density at radius 2 is 1.89 bits per heavy atom. The Bertz CT molecular complexity index is 1420. The fraction of sp³-hybridized carbons (Fsp3) is 0.385. The third-order valence-electron chi connectivity index (χ3n) is 6.42. The highest BCUT2D eigenvalue weighted by atomic mass is 19.1. The Morgan fingerprint density at radius 1 is 1.11 bits per heavy atom. The van der Waals surface area contributed by atoms with Gasteiger partial charge in [-0.05, 0) is 25.1 Å². The van der Waals surface area contributed by atoms with Crippen molar-refractivity contribution >= 4 is 16.9 Å². The first-order valence-electron chi connectivity index (χ1n) is 12.0. The van der Waals surface area contributed by atoms with Crippen molar-refractivity contribution in [3.05, 3.63) is 60.2 Å². The Kier molecular flexibility index (Phi) is 6.74.